The normalized spacial score (nSPS) is 12.7. The summed E-state index contributed by atoms with van der Waals surface area (Å²) in [6, 6.07) is 21.0. The number of hydrogen-bond donors (Lipinski definition) is 1. The Morgan fingerprint density at radius 3 is 2.31 bits per heavy atom. The molecule has 0 fully saturated rings. The first-order valence-electron chi connectivity index (χ1n) is 12.6. The van der Waals surface area contributed by atoms with Crippen molar-refractivity contribution in [3.63, 3.8) is 0 Å². The topological polar surface area (TPSA) is 96.0 Å². The number of benzene rings is 3. The van der Waals surface area contributed by atoms with E-state index in [9.17, 15) is 18.0 Å². The Morgan fingerprint density at radius 2 is 1.67 bits per heavy atom. The van der Waals surface area contributed by atoms with E-state index in [4.69, 9.17) is 4.74 Å². The largest absolute Gasteiger partial charge is 0.497 e. The Kier molecular flexibility index (Phi) is 10.5. The van der Waals surface area contributed by atoms with Crippen LogP contribution in [0.2, 0.25) is 0 Å². The quantitative estimate of drug-likeness (QED) is 0.310. The monoisotopic (exact) mass is 615 g/mol. The van der Waals surface area contributed by atoms with Crippen molar-refractivity contribution in [3.8, 4) is 5.75 Å². The van der Waals surface area contributed by atoms with Gasteiger partial charge in [-0.05, 0) is 68.3 Å². The molecule has 2 amide bonds. The Labute approximate surface area is 239 Å². The molecule has 0 aliphatic rings. The van der Waals surface area contributed by atoms with E-state index < -0.39 is 28.5 Å². The van der Waals surface area contributed by atoms with E-state index in [2.05, 4.69) is 21.2 Å². The number of anilines is 1. The summed E-state index contributed by atoms with van der Waals surface area (Å²) in [6.45, 7) is 5.08. The average Bonchev–Trinajstić information content (AvgIpc) is 2.94. The van der Waals surface area contributed by atoms with Gasteiger partial charge in [0.2, 0.25) is 11.8 Å². The van der Waals surface area contributed by atoms with Gasteiger partial charge >= 0.3 is 0 Å². The van der Waals surface area contributed by atoms with Gasteiger partial charge < -0.3 is 15.0 Å². The van der Waals surface area contributed by atoms with Gasteiger partial charge in [-0.25, -0.2) is 8.42 Å². The zero-order chi connectivity index (χ0) is 28.6. The molecular formula is C29H34BrN3O5S. The number of nitrogens with zero attached hydrogens (tertiary/aromatic N) is 2. The van der Waals surface area contributed by atoms with Gasteiger partial charge in [0.15, 0.2) is 0 Å². The molecule has 0 radical (unpaired) electrons. The van der Waals surface area contributed by atoms with Crippen molar-refractivity contribution >= 4 is 43.5 Å². The number of nitrogens with one attached hydrogen (secondary N) is 1. The predicted octanol–water partition coefficient (Wildman–Crippen LogP) is 4.99. The molecule has 0 saturated carbocycles. The molecule has 3 aromatic rings. The van der Waals surface area contributed by atoms with Crippen LogP contribution in [0.5, 0.6) is 5.75 Å². The second-order valence-electron chi connectivity index (χ2n) is 9.17. The van der Waals surface area contributed by atoms with Gasteiger partial charge in [0, 0.05) is 17.1 Å². The number of carbonyl (C=O) groups is 2. The van der Waals surface area contributed by atoms with Crippen LogP contribution in [0.4, 0.5) is 5.69 Å². The Bertz CT molecular complexity index is 1380. The number of halogens is 1. The molecule has 0 unspecified atom stereocenters. The minimum absolute atomic E-state index is 0.0553. The summed E-state index contributed by atoms with van der Waals surface area (Å²) in [4.78, 5) is 28.5. The summed E-state index contributed by atoms with van der Waals surface area (Å²) in [5.41, 5.74) is 1.06. The van der Waals surface area contributed by atoms with Crippen molar-refractivity contribution in [2.24, 2.45) is 0 Å². The van der Waals surface area contributed by atoms with Crippen LogP contribution >= 0.6 is 15.9 Å². The van der Waals surface area contributed by atoms with Crippen molar-refractivity contribution < 1.29 is 22.7 Å². The molecule has 0 heterocycles. The molecule has 0 aliphatic heterocycles. The third-order valence-electron chi connectivity index (χ3n) is 6.36. The first kappa shape index (κ1) is 30.2. The third-order valence-corrected chi connectivity index (χ3v) is 8.64. The molecular weight excluding hydrogens is 582 g/mol. The Balaban J connectivity index is 2.02. The van der Waals surface area contributed by atoms with Gasteiger partial charge in [-0.3, -0.25) is 13.9 Å². The smallest absolute Gasteiger partial charge is 0.264 e. The summed E-state index contributed by atoms with van der Waals surface area (Å²) < 4.78 is 34.6. The van der Waals surface area contributed by atoms with Crippen molar-refractivity contribution in [2.45, 2.75) is 50.7 Å². The van der Waals surface area contributed by atoms with Crippen molar-refractivity contribution in [2.75, 3.05) is 18.0 Å². The second kappa shape index (κ2) is 13.6. The molecule has 208 valence electrons. The van der Waals surface area contributed by atoms with E-state index in [-0.39, 0.29) is 23.4 Å². The maximum Gasteiger partial charge on any atom is 0.264 e. The van der Waals surface area contributed by atoms with E-state index in [0.29, 0.717) is 15.9 Å². The number of carbonyl (C=O) groups excluding carboxylic acids is 2. The fourth-order valence-electron chi connectivity index (χ4n) is 3.90. The maximum absolute atomic E-state index is 13.9. The van der Waals surface area contributed by atoms with E-state index in [0.717, 1.165) is 16.3 Å². The van der Waals surface area contributed by atoms with Gasteiger partial charge in [0.25, 0.3) is 10.0 Å². The van der Waals surface area contributed by atoms with E-state index in [1.807, 2.05) is 19.9 Å². The van der Waals surface area contributed by atoms with Crippen LogP contribution < -0.4 is 14.4 Å². The summed E-state index contributed by atoms with van der Waals surface area (Å²) in [7, 11) is -2.56. The Hall–Kier alpha value is -3.37. The molecule has 10 heteroatoms. The molecule has 1 N–H and O–H groups in total. The minimum Gasteiger partial charge on any atom is -0.497 e. The molecule has 3 rings (SSSR count). The number of rotatable bonds is 12. The number of methoxy groups -OCH3 is 1. The molecule has 0 aliphatic carbocycles. The number of sulfonamides is 1. The van der Waals surface area contributed by atoms with Gasteiger partial charge in [-0.2, -0.15) is 0 Å². The van der Waals surface area contributed by atoms with E-state index >= 15 is 0 Å². The van der Waals surface area contributed by atoms with Crippen LogP contribution in [-0.4, -0.2) is 50.9 Å². The molecule has 3 aromatic carbocycles. The summed E-state index contributed by atoms with van der Waals surface area (Å²) in [6.07, 6.45) is 0.730. The zero-order valence-corrected chi connectivity index (χ0v) is 24.9. The molecule has 0 bridgehead atoms. The number of hydrogen-bond acceptors (Lipinski definition) is 5. The van der Waals surface area contributed by atoms with Crippen molar-refractivity contribution in [1.82, 2.24) is 10.2 Å². The highest BCUT2D eigenvalue weighted by atomic mass is 79.9. The Morgan fingerprint density at radius 1 is 0.974 bits per heavy atom. The van der Waals surface area contributed by atoms with Crippen LogP contribution in [0.1, 0.15) is 32.8 Å². The average molecular weight is 617 g/mol. The van der Waals surface area contributed by atoms with Gasteiger partial charge in [0.1, 0.15) is 18.3 Å². The van der Waals surface area contributed by atoms with Gasteiger partial charge in [-0.1, -0.05) is 59.3 Å². The highest BCUT2D eigenvalue weighted by Gasteiger charge is 2.32. The molecule has 39 heavy (non-hydrogen) atoms. The number of amides is 2. The molecule has 0 spiro atoms. The molecule has 8 nitrogen and oxygen atoms in total. The highest BCUT2D eigenvalue weighted by molar-refractivity contribution is 9.10. The predicted molar refractivity (Wildman–Crippen MR) is 156 cm³/mol. The van der Waals surface area contributed by atoms with Crippen LogP contribution in [0.25, 0.3) is 0 Å². The summed E-state index contributed by atoms with van der Waals surface area (Å²) >= 11 is 3.40. The van der Waals surface area contributed by atoms with Crippen LogP contribution in [0, 0.1) is 0 Å². The van der Waals surface area contributed by atoms with Crippen molar-refractivity contribution in [3.05, 3.63) is 88.9 Å². The van der Waals surface area contributed by atoms with Crippen molar-refractivity contribution in [1.29, 1.82) is 0 Å². The first-order chi connectivity index (χ1) is 18.6. The molecule has 2 atom stereocenters. The lowest BCUT2D eigenvalue weighted by Gasteiger charge is -2.32. The fraction of sp³-hybridized carbons (Fsp3) is 0.310. The van der Waals surface area contributed by atoms with Gasteiger partial charge in [-0.15, -0.1) is 0 Å². The summed E-state index contributed by atoms with van der Waals surface area (Å²) in [5.74, 6) is -0.233. The molecule has 0 saturated heterocycles. The zero-order valence-electron chi connectivity index (χ0n) is 22.5. The molecule has 0 aromatic heterocycles. The van der Waals surface area contributed by atoms with E-state index in [1.165, 1.54) is 17.0 Å². The maximum atomic E-state index is 13.9. The van der Waals surface area contributed by atoms with Crippen LogP contribution in [0.15, 0.2) is 88.2 Å². The summed E-state index contributed by atoms with van der Waals surface area (Å²) in [5, 5.41) is 2.93. The second-order valence-corrected chi connectivity index (χ2v) is 11.9. The lowest BCUT2D eigenvalue weighted by Crippen LogP contribution is -2.52. The third kappa shape index (κ3) is 7.83. The SMILES string of the molecule is CC[C@H](C)NC(=O)[C@@H](C)N(Cc1cccc(OC)c1)C(=O)CN(c1cccc(Br)c1)S(=O)(=O)c1ccccc1. The number of ether oxygens (including phenoxy) is 1. The van der Waals surface area contributed by atoms with Crippen LogP contribution in [0.3, 0.4) is 0 Å². The van der Waals surface area contributed by atoms with Gasteiger partial charge in [0.05, 0.1) is 17.7 Å². The lowest BCUT2D eigenvalue weighted by molar-refractivity contribution is -0.139. The highest BCUT2D eigenvalue weighted by Crippen LogP contribution is 2.27. The van der Waals surface area contributed by atoms with E-state index in [1.54, 1.807) is 74.7 Å². The minimum atomic E-state index is -4.11. The fourth-order valence-corrected chi connectivity index (χ4v) is 5.71. The van der Waals surface area contributed by atoms with Crippen LogP contribution in [-0.2, 0) is 26.2 Å². The lowest BCUT2D eigenvalue weighted by atomic mass is 10.1. The first-order valence-corrected chi connectivity index (χ1v) is 14.9. The standard InChI is InChI=1S/C29H34BrN3O5S/c1-5-21(2)31-29(35)22(3)32(19-23-11-9-14-26(17-23)38-4)28(34)20-33(25-13-10-12-24(30)18-25)39(36,37)27-15-7-6-8-16-27/h6-18,21-22H,5,19-20H2,1-4H3,(H,31,35)/t21-,22+/m0/s1.